The van der Waals surface area contributed by atoms with Crippen LogP contribution in [-0.2, 0) is 23.9 Å². The number of carbonyl (C=O) groups is 3. The Balaban J connectivity index is 2.16. The first-order valence-electron chi connectivity index (χ1n) is 7.73. The third-order valence-electron chi connectivity index (χ3n) is 4.58. The van der Waals surface area contributed by atoms with E-state index in [1.54, 1.807) is 18.2 Å². The zero-order valence-electron chi connectivity index (χ0n) is 14.2. The zero-order valence-corrected chi connectivity index (χ0v) is 14.2. The number of esters is 2. The Hall–Kier alpha value is -2.83. The maximum Gasteiger partial charge on any atom is 0.335 e. The summed E-state index contributed by atoms with van der Waals surface area (Å²) in [6.07, 6.45) is 0.0185. The first-order chi connectivity index (χ1) is 12.0. The molecule has 0 saturated heterocycles. The third-order valence-corrected chi connectivity index (χ3v) is 4.58. The van der Waals surface area contributed by atoms with Crippen LogP contribution in [-0.4, -0.2) is 45.7 Å². The van der Waals surface area contributed by atoms with E-state index in [1.165, 1.54) is 21.3 Å². The topological polar surface area (TPSA) is 88.1 Å². The van der Waals surface area contributed by atoms with Gasteiger partial charge in [0, 0.05) is 17.9 Å². The highest BCUT2D eigenvalue weighted by Gasteiger charge is 2.48. The molecule has 0 amide bonds. The van der Waals surface area contributed by atoms with Crippen molar-refractivity contribution in [1.82, 2.24) is 0 Å². The van der Waals surface area contributed by atoms with Crippen LogP contribution in [0.1, 0.15) is 17.9 Å². The van der Waals surface area contributed by atoms with Gasteiger partial charge in [-0.1, -0.05) is 6.07 Å². The van der Waals surface area contributed by atoms with Crippen molar-refractivity contribution < 1.29 is 33.3 Å². The highest BCUT2D eigenvalue weighted by molar-refractivity contribution is 6.07. The number of rotatable bonds is 4. The predicted octanol–water partition coefficient (Wildman–Crippen LogP) is 1.40. The van der Waals surface area contributed by atoms with Crippen LogP contribution in [0.25, 0.3) is 0 Å². The van der Waals surface area contributed by atoms with E-state index in [9.17, 15) is 14.4 Å². The molecule has 0 saturated carbocycles. The van der Waals surface area contributed by atoms with Gasteiger partial charge in [0.05, 0.1) is 21.3 Å². The van der Waals surface area contributed by atoms with Gasteiger partial charge >= 0.3 is 11.9 Å². The number of Topliss-reactive ketones (excluding diaryl/α,β-unsaturated/α-hetero) is 1. The van der Waals surface area contributed by atoms with Crippen LogP contribution < -0.4 is 9.47 Å². The molecule has 0 radical (unpaired) electrons. The first-order valence-corrected chi connectivity index (χ1v) is 7.73. The molecule has 1 heterocycles. The first kappa shape index (κ1) is 17.0. The molecule has 7 heteroatoms. The maximum atomic E-state index is 12.5. The van der Waals surface area contributed by atoms with Crippen molar-refractivity contribution in [2.75, 3.05) is 27.9 Å². The van der Waals surface area contributed by atoms with E-state index in [2.05, 4.69) is 0 Å². The van der Waals surface area contributed by atoms with E-state index in [4.69, 9.17) is 18.9 Å². The van der Waals surface area contributed by atoms with Crippen LogP contribution in [0.4, 0.5) is 0 Å². The molecule has 0 bridgehead atoms. The summed E-state index contributed by atoms with van der Waals surface area (Å²) in [6.45, 7) is 0.0809. The van der Waals surface area contributed by atoms with Gasteiger partial charge in [-0.05, 0) is 23.3 Å². The van der Waals surface area contributed by atoms with E-state index in [1.807, 2.05) is 0 Å². The van der Waals surface area contributed by atoms with Crippen LogP contribution in [0.15, 0.2) is 29.3 Å². The second-order valence-electron chi connectivity index (χ2n) is 5.83. The Morgan fingerprint density at radius 3 is 2.48 bits per heavy atom. The Bertz CT molecular complexity index is 778. The standard InChI is InChI=1S/C18H18O7/c1-22-12-5-4-9(7-13(12)23-2)14-15-10(8-25-18(15)21)6-11(19)16(14)17(20)24-3/h4-5,7,14,16H,6,8H2,1-3H3. The van der Waals surface area contributed by atoms with Crippen LogP contribution in [0.3, 0.4) is 0 Å². The number of cyclic esters (lactones) is 1. The Morgan fingerprint density at radius 1 is 1.12 bits per heavy atom. The molecule has 0 aromatic heterocycles. The number of hydrogen-bond donors (Lipinski definition) is 0. The largest absolute Gasteiger partial charge is 0.493 e. The van der Waals surface area contributed by atoms with Gasteiger partial charge in [0.25, 0.3) is 0 Å². The van der Waals surface area contributed by atoms with Crippen molar-refractivity contribution in [3.8, 4) is 11.5 Å². The maximum absolute atomic E-state index is 12.5. The van der Waals surface area contributed by atoms with Gasteiger partial charge < -0.3 is 18.9 Å². The molecule has 2 aliphatic rings. The van der Waals surface area contributed by atoms with Gasteiger partial charge in [0.2, 0.25) is 0 Å². The van der Waals surface area contributed by atoms with Gasteiger partial charge in [-0.25, -0.2) is 4.79 Å². The zero-order chi connectivity index (χ0) is 18.1. The second-order valence-corrected chi connectivity index (χ2v) is 5.83. The van der Waals surface area contributed by atoms with Crippen LogP contribution in [0.2, 0.25) is 0 Å². The Labute approximate surface area is 144 Å². The highest BCUT2D eigenvalue weighted by atomic mass is 16.5. The van der Waals surface area contributed by atoms with Crippen molar-refractivity contribution in [2.45, 2.75) is 12.3 Å². The summed E-state index contributed by atoms with van der Waals surface area (Å²) in [7, 11) is 4.21. The Kier molecular flexibility index (Phi) is 4.48. The monoisotopic (exact) mass is 346 g/mol. The molecule has 2 unspecified atom stereocenters. The number of methoxy groups -OCH3 is 3. The van der Waals surface area contributed by atoms with E-state index >= 15 is 0 Å². The van der Waals surface area contributed by atoms with Gasteiger partial charge in [0.15, 0.2) is 17.3 Å². The molecule has 3 rings (SSSR count). The van der Waals surface area contributed by atoms with E-state index in [0.29, 0.717) is 28.2 Å². The molecular weight excluding hydrogens is 328 g/mol. The lowest BCUT2D eigenvalue weighted by molar-refractivity contribution is -0.150. The van der Waals surface area contributed by atoms with Crippen molar-refractivity contribution in [3.05, 3.63) is 34.9 Å². The fourth-order valence-electron chi connectivity index (χ4n) is 3.42. The SMILES string of the molecule is COC(=O)C1C(=O)CC2=C(C(=O)OC2)C1c1ccc(OC)c(OC)c1. The van der Waals surface area contributed by atoms with E-state index in [0.717, 1.165) is 0 Å². The molecular formula is C18H18O7. The van der Waals surface area contributed by atoms with Gasteiger partial charge in [-0.15, -0.1) is 0 Å². The average molecular weight is 346 g/mol. The van der Waals surface area contributed by atoms with Crippen molar-refractivity contribution >= 4 is 17.7 Å². The highest BCUT2D eigenvalue weighted by Crippen LogP contribution is 2.45. The molecule has 0 N–H and O–H groups in total. The molecule has 7 nitrogen and oxygen atoms in total. The van der Waals surface area contributed by atoms with Gasteiger partial charge in [-0.2, -0.15) is 0 Å². The van der Waals surface area contributed by atoms with Crippen LogP contribution >= 0.6 is 0 Å². The summed E-state index contributed by atoms with van der Waals surface area (Å²) in [5, 5.41) is 0. The molecule has 1 aliphatic carbocycles. The minimum atomic E-state index is -1.09. The minimum absolute atomic E-state index is 0.0185. The second kappa shape index (κ2) is 6.58. The minimum Gasteiger partial charge on any atom is -0.493 e. The fourth-order valence-corrected chi connectivity index (χ4v) is 3.42. The summed E-state index contributed by atoms with van der Waals surface area (Å²) in [6, 6.07) is 5.03. The lowest BCUT2D eigenvalue weighted by atomic mass is 9.71. The third kappa shape index (κ3) is 2.75. The normalized spacial score (nSPS) is 22.4. The number of hydrogen-bond acceptors (Lipinski definition) is 7. The molecule has 1 aromatic carbocycles. The van der Waals surface area contributed by atoms with Gasteiger partial charge in [-0.3, -0.25) is 9.59 Å². The number of ketones is 1. The van der Waals surface area contributed by atoms with E-state index in [-0.39, 0.29) is 18.8 Å². The van der Waals surface area contributed by atoms with Crippen molar-refractivity contribution in [1.29, 1.82) is 0 Å². The number of carbonyl (C=O) groups excluding carboxylic acids is 3. The molecule has 1 aromatic rings. The molecule has 25 heavy (non-hydrogen) atoms. The van der Waals surface area contributed by atoms with Crippen LogP contribution in [0.5, 0.6) is 11.5 Å². The van der Waals surface area contributed by atoms with Crippen LogP contribution in [0, 0.1) is 5.92 Å². The molecule has 1 aliphatic heterocycles. The summed E-state index contributed by atoms with van der Waals surface area (Å²) in [5.41, 5.74) is 1.57. The summed E-state index contributed by atoms with van der Waals surface area (Å²) < 4.78 is 20.4. The summed E-state index contributed by atoms with van der Waals surface area (Å²) in [4.78, 5) is 37.0. The number of benzene rings is 1. The molecule has 0 spiro atoms. The quantitative estimate of drug-likeness (QED) is 0.601. The lowest BCUT2D eigenvalue weighted by Gasteiger charge is -2.29. The average Bonchev–Trinajstić information content (AvgIpc) is 2.99. The fraction of sp³-hybridized carbons (Fsp3) is 0.389. The summed E-state index contributed by atoms with van der Waals surface area (Å²) in [5.74, 6) is -2.37. The number of ether oxygens (including phenoxy) is 4. The lowest BCUT2D eigenvalue weighted by Crippen LogP contribution is -2.36. The van der Waals surface area contributed by atoms with Gasteiger partial charge in [0.1, 0.15) is 12.5 Å². The molecule has 0 fully saturated rings. The van der Waals surface area contributed by atoms with E-state index < -0.39 is 23.8 Å². The smallest absolute Gasteiger partial charge is 0.335 e. The Morgan fingerprint density at radius 2 is 1.84 bits per heavy atom. The van der Waals surface area contributed by atoms with Crippen molar-refractivity contribution in [3.63, 3.8) is 0 Å². The summed E-state index contributed by atoms with van der Waals surface area (Å²) >= 11 is 0. The predicted molar refractivity (Wildman–Crippen MR) is 85.4 cm³/mol. The molecule has 132 valence electrons. The van der Waals surface area contributed by atoms with Crippen molar-refractivity contribution in [2.24, 2.45) is 5.92 Å². The molecule has 2 atom stereocenters.